The number of nitrogens with zero attached hydrogens (tertiary/aromatic N) is 2. The van der Waals surface area contributed by atoms with Crippen molar-refractivity contribution in [2.75, 3.05) is 29.8 Å². The fourth-order valence-electron chi connectivity index (χ4n) is 4.93. The Kier molecular flexibility index (Phi) is 9.17. The first-order chi connectivity index (χ1) is 19.9. The smallest absolute Gasteiger partial charge is 0.322 e. The highest BCUT2D eigenvalue weighted by atomic mass is 35.5. The summed E-state index contributed by atoms with van der Waals surface area (Å²) < 4.78 is 33.8. The Labute approximate surface area is 254 Å². The molecular formula is C29H30Cl2N4O6S. The molecule has 1 aliphatic heterocycles. The summed E-state index contributed by atoms with van der Waals surface area (Å²) >= 11 is 13.0. The van der Waals surface area contributed by atoms with Gasteiger partial charge >= 0.3 is 12.0 Å². The van der Waals surface area contributed by atoms with Crippen molar-refractivity contribution in [2.45, 2.75) is 37.2 Å². The molecule has 3 aromatic rings. The number of amides is 3. The SMILES string of the molecule is CCN(CC)C(=O)Nc1ccc(S(=O)(=O)N2C(=O)C(N[C@@H](C)C(=O)OC)(c3ccccc3Cl)c3cc(Cl)ccc32)cc1. The van der Waals surface area contributed by atoms with Crippen LogP contribution < -0.4 is 14.9 Å². The second-order valence-electron chi connectivity index (χ2n) is 9.48. The summed E-state index contributed by atoms with van der Waals surface area (Å²) in [6.45, 7) is 6.20. The summed E-state index contributed by atoms with van der Waals surface area (Å²) in [4.78, 5) is 40.9. The van der Waals surface area contributed by atoms with Crippen LogP contribution in [-0.4, -0.2) is 57.5 Å². The van der Waals surface area contributed by atoms with Gasteiger partial charge in [-0.25, -0.2) is 17.5 Å². The van der Waals surface area contributed by atoms with E-state index >= 15 is 0 Å². The summed E-state index contributed by atoms with van der Waals surface area (Å²) in [6.07, 6.45) is 0. The molecule has 13 heteroatoms. The van der Waals surface area contributed by atoms with Gasteiger partial charge in [0.05, 0.1) is 17.7 Å². The molecule has 222 valence electrons. The minimum Gasteiger partial charge on any atom is -0.468 e. The van der Waals surface area contributed by atoms with E-state index in [4.69, 9.17) is 27.9 Å². The van der Waals surface area contributed by atoms with Crippen LogP contribution in [0, 0.1) is 0 Å². The van der Waals surface area contributed by atoms with Crippen LogP contribution in [0.3, 0.4) is 0 Å². The van der Waals surface area contributed by atoms with Gasteiger partial charge in [0.25, 0.3) is 15.9 Å². The number of ether oxygens (including phenoxy) is 1. The Balaban J connectivity index is 1.85. The highest BCUT2D eigenvalue weighted by Gasteiger charge is 2.57. The van der Waals surface area contributed by atoms with Gasteiger partial charge < -0.3 is 15.0 Å². The Morgan fingerprint density at radius 3 is 2.24 bits per heavy atom. The van der Waals surface area contributed by atoms with E-state index in [0.717, 1.165) is 0 Å². The Bertz CT molecular complexity index is 1630. The molecule has 3 aromatic carbocycles. The molecule has 1 unspecified atom stereocenters. The van der Waals surface area contributed by atoms with Crippen molar-refractivity contribution < 1.29 is 27.5 Å². The zero-order valence-electron chi connectivity index (χ0n) is 23.4. The molecule has 1 heterocycles. The summed E-state index contributed by atoms with van der Waals surface area (Å²) in [7, 11) is -3.32. The maximum atomic E-state index is 14.5. The first kappa shape index (κ1) is 31.3. The lowest BCUT2D eigenvalue weighted by Gasteiger charge is -2.33. The number of sulfonamides is 1. The lowest BCUT2D eigenvalue weighted by atomic mass is 9.83. The molecule has 0 aromatic heterocycles. The zero-order valence-corrected chi connectivity index (χ0v) is 25.7. The number of benzene rings is 3. The van der Waals surface area contributed by atoms with Crippen molar-refractivity contribution in [1.29, 1.82) is 0 Å². The van der Waals surface area contributed by atoms with E-state index < -0.39 is 33.5 Å². The number of carbonyl (C=O) groups is 3. The zero-order chi connectivity index (χ0) is 30.8. The highest BCUT2D eigenvalue weighted by Crippen LogP contribution is 2.49. The first-order valence-corrected chi connectivity index (χ1v) is 15.3. The van der Waals surface area contributed by atoms with Crippen LogP contribution in [0.1, 0.15) is 31.9 Å². The lowest BCUT2D eigenvalue weighted by Crippen LogP contribution is -2.57. The van der Waals surface area contributed by atoms with Crippen LogP contribution in [0.15, 0.2) is 71.6 Å². The van der Waals surface area contributed by atoms with Gasteiger partial charge in [-0.15, -0.1) is 0 Å². The van der Waals surface area contributed by atoms with Gasteiger partial charge in [0, 0.05) is 39.9 Å². The van der Waals surface area contributed by atoms with Gasteiger partial charge in [0.2, 0.25) is 0 Å². The maximum Gasteiger partial charge on any atom is 0.322 e. The van der Waals surface area contributed by atoms with E-state index in [0.29, 0.717) is 23.1 Å². The normalized spacial score (nSPS) is 17.0. The number of hydrogen-bond acceptors (Lipinski definition) is 7. The number of esters is 1. The van der Waals surface area contributed by atoms with Gasteiger partial charge in [-0.2, -0.15) is 0 Å². The van der Waals surface area contributed by atoms with Crippen molar-refractivity contribution in [3.05, 3.63) is 87.9 Å². The van der Waals surface area contributed by atoms with Crippen LogP contribution in [-0.2, 0) is 29.9 Å². The van der Waals surface area contributed by atoms with Gasteiger partial charge in [0.15, 0.2) is 5.54 Å². The Morgan fingerprint density at radius 2 is 1.64 bits per heavy atom. The van der Waals surface area contributed by atoms with Crippen molar-refractivity contribution in [3.63, 3.8) is 0 Å². The fourth-order valence-corrected chi connectivity index (χ4v) is 6.85. The maximum absolute atomic E-state index is 14.5. The minimum atomic E-state index is -4.52. The second-order valence-corrected chi connectivity index (χ2v) is 12.1. The molecule has 0 bridgehead atoms. The lowest BCUT2D eigenvalue weighted by molar-refractivity contribution is -0.143. The highest BCUT2D eigenvalue weighted by molar-refractivity contribution is 7.93. The van der Waals surface area contributed by atoms with Crippen LogP contribution >= 0.6 is 23.2 Å². The van der Waals surface area contributed by atoms with Crippen molar-refractivity contribution in [1.82, 2.24) is 10.2 Å². The number of anilines is 2. The molecule has 3 amide bonds. The van der Waals surface area contributed by atoms with Crippen molar-refractivity contribution in [3.8, 4) is 0 Å². The largest absolute Gasteiger partial charge is 0.468 e. The van der Waals surface area contributed by atoms with Crippen molar-refractivity contribution in [2.24, 2.45) is 0 Å². The molecule has 42 heavy (non-hydrogen) atoms. The number of methoxy groups -OCH3 is 1. The molecule has 2 N–H and O–H groups in total. The number of hydrogen-bond donors (Lipinski definition) is 2. The molecule has 4 rings (SSSR count). The average Bonchev–Trinajstić information content (AvgIpc) is 3.21. The van der Waals surface area contributed by atoms with E-state index in [9.17, 15) is 22.8 Å². The molecule has 10 nitrogen and oxygen atoms in total. The summed E-state index contributed by atoms with van der Waals surface area (Å²) in [5.74, 6) is -1.59. The molecular weight excluding hydrogens is 603 g/mol. The molecule has 0 radical (unpaired) electrons. The van der Waals surface area contributed by atoms with Crippen LogP contribution in [0.5, 0.6) is 0 Å². The molecule has 0 saturated heterocycles. The van der Waals surface area contributed by atoms with Crippen LogP contribution in [0.4, 0.5) is 16.2 Å². The molecule has 1 aliphatic rings. The Hall–Kier alpha value is -3.64. The molecule has 0 fully saturated rings. The molecule has 0 spiro atoms. The molecule has 2 atom stereocenters. The number of fused-ring (bicyclic) bond motifs is 1. The van der Waals surface area contributed by atoms with E-state index in [1.807, 2.05) is 13.8 Å². The molecule has 0 aliphatic carbocycles. The summed E-state index contributed by atoms with van der Waals surface area (Å²) in [6, 6.07) is 14.9. The monoisotopic (exact) mass is 632 g/mol. The standard InChI is InChI=1S/C29H30Cl2N4O6S/c1-5-34(6-2)28(38)32-20-12-14-21(15-13-20)42(39,40)35-25-16-11-19(30)17-23(25)29(27(35)37,33-18(3)26(36)41-4)22-9-7-8-10-24(22)31/h7-18,33H,5-6H2,1-4H3,(H,32,38)/t18-,29?/m0/s1. The molecule has 0 saturated carbocycles. The van der Waals surface area contributed by atoms with E-state index in [1.54, 1.807) is 29.2 Å². The predicted octanol–water partition coefficient (Wildman–Crippen LogP) is 5.00. The number of carbonyl (C=O) groups excluding carboxylic acids is 3. The summed E-state index contributed by atoms with van der Waals surface area (Å²) in [5, 5.41) is 6.14. The van der Waals surface area contributed by atoms with Crippen LogP contribution in [0.2, 0.25) is 10.0 Å². The van der Waals surface area contributed by atoms with Gasteiger partial charge in [-0.3, -0.25) is 14.9 Å². The summed E-state index contributed by atoms with van der Waals surface area (Å²) in [5.41, 5.74) is -1.09. The second kappa shape index (κ2) is 12.3. The van der Waals surface area contributed by atoms with Crippen molar-refractivity contribution >= 4 is 62.5 Å². The van der Waals surface area contributed by atoms with Gasteiger partial charge in [0.1, 0.15) is 6.04 Å². The number of halogens is 2. The first-order valence-electron chi connectivity index (χ1n) is 13.1. The fraction of sp³-hybridized carbons (Fsp3) is 0.276. The van der Waals surface area contributed by atoms with Gasteiger partial charge in [-0.05, 0) is 69.3 Å². The average molecular weight is 634 g/mol. The minimum absolute atomic E-state index is 0.0350. The number of nitrogens with one attached hydrogen (secondary N) is 2. The van der Waals surface area contributed by atoms with Crippen LogP contribution in [0.25, 0.3) is 0 Å². The van der Waals surface area contributed by atoms with E-state index in [2.05, 4.69) is 10.6 Å². The third-order valence-electron chi connectivity index (χ3n) is 7.05. The third kappa shape index (κ3) is 5.45. The number of rotatable bonds is 9. The predicted molar refractivity (Wildman–Crippen MR) is 161 cm³/mol. The number of urea groups is 1. The Morgan fingerprint density at radius 1 is 1.00 bits per heavy atom. The van der Waals surface area contributed by atoms with E-state index in [-0.39, 0.29) is 37.8 Å². The quantitative estimate of drug-likeness (QED) is 0.318. The third-order valence-corrected chi connectivity index (χ3v) is 9.32. The van der Waals surface area contributed by atoms with Gasteiger partial charge in [-0.1, -0.05) is 41.4 Å². The van der Waals surface area contributed by atoms with E-state index in [1.165, 1.54) is 56.5 Å². The topological polar surface area (TPSA) is 125 Å².